The van der Waals surface area contributed by atoms with E-state index in [2.05, 4.69) is 290 Å². The zero-order valence-electron chi connectivity index (χ0n) is 99.3. The van der Waals surface area contributed by atoms with E-state index < -0.39 is 5.97 Å². The van der Waals surface area contributed by atoms with Crippen molar-refractivity contribution in [1.82, 2.24) is 68.6 Å². The zero-order valence-corrected chi connectivity index (χ0v) is 99.3. The fraction of sp³-hybridized carbons (Fsp3) is 0.967. The van der Waals surface area contributed by atoms with Crippen LogP contribution in [0.4, 0.5) is 0 Å². The Bertz CT molecular complexity index is 3560. The molecule has 0 aromatic rings. The van der Waals surface area contributed by atoms with E-state index in [0.29, 0.717) is 55.5 Å². The molecule has 0 bridgehead atoms. The predicted octanol–water partition coefficient (Wildman–Crippen LogP) is 22.6. The maximum atomic E-state index is 11.2. The summed E-state index contributed by atoms with van der Waals surface area (Å²) in [4.78, 5) is 96.9. The Balaban J connectivity index is 0.000000216. The highest BCUT2D eigenvalue weighted by Gasteiger charge is 2.47. The molecule has 18 aliphatic rings. The lowest BCUT2D eigenvalue weighted by Crippen LogP contribution is -2.68. The standard InChI is InChI=1S/C16H30.C15H27NO2.C14H28N2.C14H27N.C13H26N2.2C12H24N2.2C11H22N2.3CO2/c1-16(2,3)15-11-9-14(10-12-15)13-7-5-4-6-8-13;1-15(2,3)11-6-8-12(9-7-11)16-10-4-5-13(16)14(17)18;1-12-7-5-6-9-16(12)13-8-10-15(11-13)14(2,3)4;1-11-9-10-15(11)13-7-5-12(6-8-13)14(2,3)4;1-11-6-5-8-15(11)12-7-9-14(10-12)13(2,3)4;1-10-5-8-14(10)11-6-7-13(9-11)12(2,3)4;1-12(2,3)14-9-11(10-14)13-7-5-4-6-8-13;1-9-5-6-13(9)10-7-12(8-10)11(2,3)4;1-11(2,3)13-8-10(9-13)12-6-4-5-7-12;3*2-1-3/h13-15H,4-12H2,1-3H3;11-13H,4-10H2,1-3H3,(H,17,18);12-13H,5-11H2,1-4H3;11-13H,5-10H2,1-4H3;11-12H,5-10H2,1-4H3;10-11H,5-9H2,1-4H3;11H,4-10H2,1-3H3;9-10H,5-8H2,1-4H3;10H,4-9H2,1-3H3;;;. The summed E-state index contributed by atoms with van der Waals surface area (Å²) in [7, 11) is 0. The third kappa shape index (κ3) is 40.8. The topological polar surface area (TPSA) is 185 Å². The number of rotatable bonds is 10. The monoisotopic (exact) mass is 2010 g/mol. The Kier molecular flexibility index (Phi) is 51.8. The van der Waals surface area contributed by atoms with Crippen molar-refractivity contribution in [1.29, 1.82) is 0 Å². The smallest absolute Gasteiger partial charge is 0.373 e. The van der Waals surface area contributed by atoms with Crippen LogP contribution in [0.5, 0.6) is 0 Å². The molecular formula is C121H230N14O8. The van der Waals surface area contributed by atoms with Crippen molar-refractivity contribution in [3.63, 3.8) is 0 Å². The number of carboxylic acid groups (broad SMARTS) is 1. The molecule has 14 saturated heterocycles. The molecule has 0 aromatic heterocycles. The molecule has 9 atom stereocenters. The normalized spacial score (nSPS) is 31.7. The third-order valence-electron chi connectivity index (χ3n) is 38.5. The lowest BCUT2D eigenvalue weighted by Gasteiger charge is -2.56. The summed E-state index contributed by atoms with van der Waals surface area (Å²) in [6, 6.07) is 10.6. The first-order chi connectivity index (χ1) is 66.8. The first-order valence-corrected chi connectivity index (χ1v) is 59.5. The fourth-order valence-electron chi connectivity index (χ4n) is 27.4. The molecule has 4 aliphatic carbocycles. The highest BCUT2D eigenvalue weighted by Crippen LogP contribution is 2.47. The molecule has 14 aliphatic heterocycles. The number of aliphatic carboxylic acids is 1. The van der Waals surface area contributed by atoms with Gasteiger partial charge in [-0.05, 0) is 431 Å². The molecular weight excluding hydrogens is 1780 g/mol. The summed E-state index contributed by atoms with van der Waals surface area (Å²) >= 11 is 0. The minimum absolute atomic E-state index is 0.207. The quantitative estimate of drug-likeness (QED) is 0.217. The lowest BCUT2D eigenvalue weighted by atomic mass is 9.65. The SMILES string of the molecule is CC(C)(C)C1CCC(C2CCCCC2)CC1.CC(C)(C)C1CCC(N2CCCC2C(=O)O)CC1.CC(C)(C)N1CC(N2CCCC2)C1.CC(C)(C)N1CC(N2CCCCC2)C1.CC1CCCCN1C1CCN(C(C)(C)C)C1.CC1CCCN1C1CCN(C(C)(C)C)C1.CC1CCN1C1CCC(C(C)(C)C)CC1.CC1CCN1C1CCN(C(C)(C)C)C1.CC1CCN1C1CN(C(C)(C)C)C1.O=C=O.O=C=O.O=C=O. The highest BCUT2D eigenvalue weighted by molar-refractivity contribution is 5.73. The molecule has 18 rings (SSSR count). The fourth-order valence-corrected chi connectivity index (χ4v) is 27.4. The molecule has 22 nitrogen and oxygen atoms in total. The van der Waals surface area contributed by atoms with Crippen molar-refractivity contribution in [3.05, 3.63) is 0 Å². The number of carbonyl (C=O) groups is 1. The van der Waals surface area contributed by atoms with E-state index in [-0.39, 0.29) is 24.5 Å². The van der Waals surface area contributed by atoms with Gasteiger partial charge in [-0.25, -0.2) is 0 Å². The third-order valence-corrected chi connectivity index (χ3v) is 38.5. The first-order valence-electron chi connectivity index (χ1n) is 59.5. The molecule has 0 aromatic carbocycles. The summed E-state index contributed by atoms with van der Waals surface area (Å²) in [5.74, 6) is 4.34. The highest BCUT2D eigenvalue weighted by atomic mass is 16.4. The predicted molar refractivity (Wildman–Crippen MR) is 593 cm³/mol. The van der Waals surface area contributed by atoms with Crippen LogP contribution in [0.15, 0.2) is 0 Å². The molecule has 1 N–H and O–H groups in total. The van der Waals surface area contributed by atoms with Crippen LogP contribution in [0.1, 0.15) is 446 Å². The minimum atomic E-state index is -0.620. The van der Waals surface area contributed by atoms with Gasteiger partial charge in [0.2, 0.25) is 0 Å². The maximum absolute atomic E-state index is 11.2. The molecule has 9 unspecified atom stereocenters. The van der Waals surface area contributed by atoms with Crippen molar-refractivity contribution in [2.45, 2.75) is 564 Å². The van der Waals surface area contributed by atoms with Gasteiger partial charge >= 0.3 is 24.4 Å². The van der Waals surface area contributed by atoms with Gasteiger partial charge in [0.05, 0.1) is 0 Å². The average Bonchev–Trinajstić information content (AvgIpc) is 1.68. The van der Waals surface area contributed by atoms with Crippen LogP contribution in [-0.2, 0) is 33.6 Å². The summed E-state index contributed by atoms with van der Waals surface area (Å²) < 4.78 is 0. The van der Waals surface area contributed by atoms with Gasteiger partial charge in [-0.3, -0.25) is 73.4 Å². The molecule has 0 amide bonds. The van der Waals surface area contributed by atoms with Gasteiger partial charge in [0.25, 0.3) is 0 Å². The maximum Gasteiger partial charge on any atom is 0.373 e. The lowest BCUT2D eigenvalue weighted by molar-refractivity contribution is -0.193. The van der Waals surface area contributed by atoms with Crippen LogP contribution < -0.4 is 0 Å². The van der Waals surface area contributed by atoms with Crippen molar-refractivity contribution < 1.29 is 38.7 Å². The van der Waals surface area contributed by atoms with Crippen LogP contribution in [0, 0.1) is 45.8 Å². The molecule has 143 heavy (non-hydrogen) atoms. The molecule has 18 fully saturated rings. The van der Waals surface area contributed by atoms with Gasteiger partial charge in [0.1, 0.15) is 6.04 Å². The van der Waals surface area contributed by atoms with Gasteiger partial charge in [0.15, 0.2) is 0 Å². The number of carboxylic acids is 1. The average molecular weight is 2010 g/mol. The van der Waals surface area contributed by atoms with E-state index in [1.165, 1.54) is 336 Å². The van der Waals surface area contributed by atoms with Crippen molar-refractivity contribution in [3.8, 4) is 0 Å². The Morgan fingerprint density at radius 1 is 0.210 bits per heavy atom. The number of piperidine rings is 2. The molecule has 22 heteroatoms. The number of hydrogen-bond acceptors (Lipinski definition) is 21. The number of hydrogen-bond donors (Lipinski definition) is 1. The van der Waals surface area contributed by atoms with E-state index in [1.807, 2.05) is 0 Å². The van der Waals surface area contributed by atoms with E-state index in [0.717, 1.165) is 121 Å². The van der Waals surface area contributed by atoms with Crippen molar-refractivity contribution in [2.75, 3.05) is 144 Å². The van der Waals surface area contributed by atoms with Crippen LogP contribution in [-0.4, -0.2) is 360 Å². The Hall–Kier alpha value is -2.95. The largest absolute Gasteiger partial charge is 0.480 e. The van der Waals surface area contributed by atoms with Gasteiger partial charge in [0, 0.05) is 210 Å². The second kappa shape index (κ2) is 58.4. The minimum Gasteiger partial charge on any atom is -0.480 e. The molecule has 0 radical (unpaired) electrons. The summed E-state index contributed by atoms with van der Waals surface area (Å²) in [5.41, 5.74) is 3.71. The number of carbonyl (C=O) groups excluding carboxylic acids is 6. The Labute approximate surface area is 880 Å². The van der Waals surface area contributed by atoms with Crippen molar-refractivity contribution >= 4 is 24.4 Å². The molecule has 832 valence electrons. The number of nitrogens with zero attached hydrogens (tertiary/aromatic N) is 14. The second-order valence-corrected chi connectivity index (χ2v) is 57.2. The molecule has 14 heterocycles. The Morgan fingerprint density at radius 3 is 0.727 bits per heavy atom. The van der Waals surface area contributed by atoms with E-state index in [1.54, 1.807) is 12.8 Å². The second-order valence-electron chi connectivity index (χ2n) is 57.2. The summed E-state index contributed by atoms with van der Waals surface area (Å²) in [6.07, 6.45) is 49.7. The van der Waals surface area contributed by atoms with Crippen LogP contribution in [0.2, 0.25) is 0 Å². The Morgan fingerprint density at radius 2 is 0.441 bits per heavy atom. The van der Waals surface area contributed by atoms with Gasteiger partial charge in [-0.2, -0.15) is 28.8 Å². The van der Waals surface area contributed by atoms with Gasteiger partial charge in [-0.15, -0.1) is 0 Å². The number of likely N-dealkylation sites (tertiary alicyclic amines) is 14. The van der Waals surface area contributed by atoms with Crippen LogP contribution in [0.25, 0.3) is 0 Å². The first kappa shape index (κ1) is 127. The van der Waals surface area contributed by atoms with Crippen LogP contribution >= 0.6 is 0 Å². The van der Waals surface area contributed by atoms with Gasteiger partial charge in [-0.1, -0.05) is 107 Å². The van der Waals surface area contributed by atoms with E-state index in [4.69, 9.17) is 28.8 Å². The van der Waals surface area contributed by atoms with Crippen LogP contribution in [0.3, 0.4) is 0 Å². The van der Waals surface area contributed by atoms with Crippen molar-refractivity contribution in [2.24, 2.45) is 45.8 Å². The van der Waals surface area contributed by atoms with E-state index in [9.17, 15) is 9.90 Å². The zero-order chi connectivity index (χ0) is 107. The molecule has 4 saturated carbocycles. The summed E-state index contributed by atoms with van der Waals surface area (Å²) in [6.45, 7) is 104. The van der Waals surface area contributed by atoms with Gasteiger partial charge < -0.3 is 5.11 Å². The molecule has 0 spiro atoms. The summed E-state index contributed by atoms with van der Waals surface area (Å²) in [5, 5.41) is 9.25. The van der Waals surface area contributed by atoms with E-state index >= 15 is 0 Å².